The number of carbonyl (C=O) groups excluding carboxylic acids is 1. The molecule has 0 saturated heterocycles. The summed E-state index contributed by atoms with van der Waals surface area (Å²) in [4.78, 5) is 24.8. The van der Waals surface area contributed by atoms with Gasteiger partial charge in [-0.1, -0.05) is 44.2 Å². The summed E-state index contributed by atoms with van der Waals surface area (Å²) >= 11 is 0. The van der Waals surface area contributed by atoms with Gasteiger partial charge in [0.1, 0.15) is 0 Å². The third kappa shape index (κ3) is 5.03. The van der Waals surface area contributed by atoms with E-state index in [0.29, 0.717) is 6.42 Å². The molecule has 0 saturated carbocycles. The van der Waals surface area contributed by atoms with E-state index in [4.69, 9.17) is 5.11 Å². The SMILES string of the molecule is CC(C)CC(=O)N(CCC(=O)O)C(C)c1ccccc1. The zero-order chi connectivity index (χ0) is 15.1. The molecule has 0 bridgehead atoms. The third-order valence-electron chi connectivity index (χ3n) is 3.22. The monoisotopic (exact) mass is 277 g/mol. The molecule has 4 heteroatoms. The Morgan fingerprint density at radius 3 is 2.25 bits per heavy atom. The number of carbonyl (C=O) groups is 2. The molecule has 1 aromatic carbocycles. The number of carboxylic acid groups (broad SMARTS) is 1. The summed E-state index contributed by atoms with van der Waals surface area (Å²) in [6.07, 6.45) is 0.414. The van der Waals surface area contributed by atoms with Crippen LogP contribution in [-0.2, 0) is 9.59 Å². The van der Waals surface area contributed by atoms with E-state index in [0.717, 1.165) is 5.56 Å². The van der Waals surface area contributed by atoms with E-state index in [-0.39, 0.29) is 30.8 Å². The number of hydrogen-bond donors (Lipinski definition) is 1. The molecule has 0 radical (unpaired) electrons. The highest BCUT2D eigenvalue weighted by Gasteiger charge is 2.22. The Bertz CT molecular complexity index is 442. The molecule has 1 atom stereocenters. The number of nitrogens with zero attached hydrogens (tertiary/aromatic N) is 1. The van der Waals surface area contributed by atoms with Crippen molar-refractivity contribution in [1.82, 2.24) is 4.90 Å². The first-order valence-corrected chi connectivity index (χ1v) is 6.98. The third-order valence-corrected chi connectivity index (χ3v) is 3.22. The van der Waals surface area contributed by atoms with Crippen molar-refractivity contribution in [2.45, 2.75) is 39.7 Å². The minimum absolute atomic E-state index is 0.0117. The maximum Gasteiger partial charge on any atom is 0.305 e. The van der Waals surface area contributed by atoms with Crippen molar-refractivity contribution < 1.29 is 14.7 Å². The lowest BCUT2D eigenvalue weighted by molar-refractivity contribution is -0.139. The average molecular weight is 277 g/mol. The van der Waals surface area contributed by atoms with Gasteiger partial charge < -0.3 is 10.0 Å². The van der Waals surface area contributed by atoms with Crippen LogP contribution in [0.4, 0.5) is 0 Å². The van der Waals surface area contributed by atoms with Crippen molar-refractivity contribution in [3.8, 4) is 0 Å². The molecule has 0 spiro atoms. The van der Waals surface area contributed by atoms with Crippen molar-refractivity contribution in [2.24, 2.45) is 5.92 Å². The standard InChI is InChI=1S/C16H23NO3/c1-12(2)11-15(18)17(10-9-16(19)20)13(3)14-7-5-4-6-8-14/h4-8,12-13H,9-11H2,1-3H3,(H,19,20). The van der Waals surface area contributed by atoms with Crippen molar-refractivity contribution in [3.63, 3.8) is 0 Å². The summed E-state index contributed by atoms with van der Waals surface area (Å²) in [5.74, 6) is -0.608. The zero-order valence-corrected chi connectivity index (χ0v) is 12.4. The summed E-state index contributed by atoms with van der Waals surface area (Å²) in [6.45, 7) is 6.16. The molecule has 1 N–H and O–H groups in total. The number of amides is 1. The molecule has 1 amide bonds. The molecule has 0 heterocycles. The highest BCUT2D eigenvalue weighted by atomic mass is 16.4. The normalized spacial score (nSPS) is 12.2. The van der Waals surface area contributed by atoms with Crippen LogP contribution in [0.3, 0.4) is 0 Å². The molecule has 0 aliphatic rings. The smallest absolute Gasteiger partial charge is 0.305 e. The van der Waals surface area contributed by atoms with E-state index in [2.05, 4.69) is 0 Å². The lowest BCUT2D eigenvalue weighted by atomic mass is 10.0. The second kappa shape index (κ2) is 7.68. The zero-order valence-electron chi connectivity index (χ0n) is 12.4. The number of benzene rings is 1. The summed E-state index contributed by atoms with van der Waals surface area (Å²) < 4.78 is 0. The van der Waals surface area contributed by atoms with E-state index >= 15 is 0 Å². The van der Waals surface area contributed by atoms with Crippen LogP contribution in [0.15, 0.2) is 30.3 Å². The molecule has 0 aliphatic carbocycles. The molecular weight excluding hydrogens is 254 g/mol. The lowest BCUT2D eigenvalue weighted by Crippen LogP contribution is -2.36. The second-order valence-corrected chi connectivity index (χ2v) is 5.42. The fraction of sp³-hybridized carbons (Fsp3) is 0.500. The lowest BCUT2D eigenvalue weighted by Gasteiger charge is -2.30. The first kappa shape index (κ1) is 16.2. The number of hydrogen-bond acceptors (Lipinski definition) is 2. The number of aliphatic carboxylic acids is 1. The van der Waals surface area contributed by atoms with Crippen LogP contribution in [-0.4, -0.2) is 28.4 Å². The maximum atomic E-state index is 12.3. The van der Waals surface area contributed by atoms with Gasteiger partial charge in [-0.15, -0.1) is 0 Å². The molecule has 20 heavy (non-hydrogen) atoms. The van der Waals surface area contributed by atoms with Gasteiger partial charge in [-0.2, -0.15) is 0 Å². The Hall–Kier alpha value is -1.84. The van der Waals surface area contributed by atoms with Gasteiger partial charge in [0.2, 0.25) is 5.91 Å². The van der Waals surface area contributed by atoms with Gasteiger partial charge in [0.25, 0.3) is 0 Å². The van der Waals surface area contributed by atoms with E-state index in [1.165, 1.54) is 0 Å². The van der Waals surface area contributed by atoms with Crippen molar-refractivity contribution >= 4 is 11.9 Å². The van der Waals surface area contributed by atoms with Crippen LogP contribution < -0.4 is 0 Å². The van der Waals surface area contributed by atoms with E-state index < -0.39 is 5.97 Å². The summed E-state index contributed by atoms with van der Waals surface area (Å²) in [7, 11) is 0. The first-order valence-electron chi connectivity index (χ1n) is 6.98. The maximum absolute atomic E-state index is 12.3. The van der Waals surface area contributed by atoms with Crippen LogP contribution in [0, 0.1) is 5.92 Å². The van der Waals surface area contributed by atoms with Crippen LogP contribution in [0.5, 0.6) is 0 Å². The van der Waals surface area contributed by atoms with Crippen molar-refractivity contribution in [1.29, 1.82) is 0 Å². The van der Waals surface area contributed by atoms with Crippen molar-refractivity contribution in [3.05, 3.63) is 35.9 Å². The molecule has 1 aromatic rings. The molecule has 0 fully saturated rings. The molecule has 0 aliphatic heterocycles. The van der Waals surface area contributed by atoms with Gasteiger partial charge in [-0.3, -0.25) is 9.59 Å². The Morgan fingerprint density at radius 1 is 1.15 bits per heavy atom. The van der Waals surface area contributed by atoms with Crippen molar-refractivity contribution in [2.75, 3.05) is 6.54 Å². The minimum Gasteiger partial charge on any atom is -0.481 e. The van der Waals surface area contributed by atoms with Crippen LogP contribution >= 0.6 is 0 Å². The molecule has 4 nitrogen and oxygen atoms in total. The quantitative estimate of drug-likeness (QED) is 0.833. The van der Waals surface area contributed by atoms with Gasteiger partial charge in [-0.05, 0) is 18.4 Å². The van der Waals surface area contributed by atoms with Gasteiger partial charge in [-0.25, -0.2) is 0 Å². The summed E-state index contributed by atoms with van der Waals surface area (Å²) in [5, 5.41) is 8.84. The number of rotatable bonds is 7. The van der Waals surface area contributed by atoms with Gasteiger partial charge in [0.15, 0.2) is 0 Å². The van der Waals surface area contributed by atoms with E-state index in [9.17, 15) is 9.59 Å². The Balaban J connectivity index is 2.85. The molecule has 1 unspecified atom stereocenters. The second-order valence-electron chi connectivity index (χ2n) is 5.42. The first-order chi connectivity index (χ1) is 9.41. The fourth-order valence-electron chi connectivity index (χ4n) is 2.13. The molecular formula is C16H23NO3. The Labute approximate surface area is 120 Å². The number of carboxylic acids is 1. The van der Waals surface area contributed by atoms with E-state index in [1.54, 1.807) is 4.90 Å². The van der Waals surface area contributed by atoms with Gasteiger partial charge >= 0.3 is 5.97 Å². The van der Waals surface area contributed by atoms with Gasteiger partial charge in [0, 0.05) is 13.0 Å². The Morgan fingerprint density at radius 2 is 1.75 bits per heavy atom. The van der Waals surface area contributed by atoms with Crippen LogP contribution in [0.1, 0.15) is 45.2 Å². The van der Waals surface area contributed by atoms with Crippen LogP contribution in [0.25, 0.3) is 0 Å². The molecule has 110 valence electrons. The molecule has 1 rings (SSSR count). The topological polar surface area (TPSA) is 57.6 Å². The summed E-state index contributed by atoms with van der Waals surface area (Å²) in [6, 6.07) is 9.58. The van der Waals surface area contributed by atoms with Crippen LogP contribution in [0.2, 0.25) is 0 Å². The Kier molecular flexibility index (Phi) is 6.22. The summed E-state index contributed by atoms with van der Waals surface area (Å²) in [5.41, 5.74) is 1.02. The highest BCUT2D eigenvalue weighted by molar-refractivity contribution is 5.77. The minimum atomic E-state index is -0.882. The highest BCUT2D eigenvalue weighted by Crippen LogP contribution is 2.22. The predicted octanol–water partition coefficient (Wildman–Crippen LogP) is 3.10. The largest absolute Gasteiger partial charge is 0.481 e. The predicted molar refractivity (Wildman–Crippen MR) is 78.3 cm³/mol. The molecule has 0 aromatic heterocycles. The average Bonchev–Trinajstić information content (AvgIpc) is 2.38. The van der Waals surface area contributed by atoms with Gasteiger partial charge in [0.05, 0.1) is 12.5 Å². The fourth-order valence-corrected chi connectivity index (χ4v) is 2.13. The van der Waals surface area contributed by atoms with E-state index in [1.807, 2.05) is 51.1 Å².